The molecule has 222 valence electrons. The fourth-order valence-electron chi connectivity index (χ4n) is 5.12. The highest BCUT2D eigenvalue weighted by Crippen LogP contribution is 2.46. The first kappa shape index (κ1) is 30.7. The van der Waals surface area contributed by atoms with Crippen LogP contribution in [0.2, 0.25) is 0 Å². The van der Waals surface area contributed by atoms with Crippen molar-refractivity contribution in [3.8, 4) is 0 Å². The number of allylic oxidation sites excluding steroid dienone is 6. The molecule has 8 nitrogen and oxygen atoms in total. The number of hydrogen-bond acceptors (Lipinski definition) is 7. The normalized spacial score (nSPS) is 18.0. The van der Waals surface area contributed by atoms with Crippen LogP contribution in [0.25, 0.3) is 16.3 Å². The highest BCUT2D eigenvalue weighted by molar-refractivity contribution is 8.03. The average Bonchev–Trinajstić information content (AvgIpc) is 3.47. The first-order valence-corrected chi connectivity index (χ1v) is 18.6. The van der Waals surface area contributed by atoms with Gasteiger partial charge in [-0.15, -0.1) is 0 Å². The van der Waals surface area contributed by atoms with Crippen molar-refractivity contribution >= 4 is 65.3 Å². The van der Waals surface area contributed by atoms with Crippen molar-refractivity contribution in [1.29, 1.82) is 0 Å². The average molecular weight is 646 g/mol. The zero-order chi connectivity index (χ0) is 29.7. The minimum absolute atomic E-state index is 0.274. The fourth-order valence-corrected chi connectivity index (χ4v) is 8.29. The second-order valence-electron chi connectivity index (χ2n) is 10.2. The number of anilines is 1. The smallest absolute Gasteiger partial charge is 0.265 e. The molecule has 1 aliphatic heterocycles. The lowest BCUT2D eigenvalue weighted by molar-refractivity contribution is -0.668. The summed E-state index contributed by atoms with van der Waals surface area (Å²) in [6.45, 7) is 0.976. The Hall–Kier alpha value is -2.74. The van der Waals surface area contributed by atoms with E-state index >= 15 is 0 Å². The van der Waals surface area contributed by atoms with Gasteiger partial charge in [0.15, 0.2) is 6.54 Å². The van der Waals surface area contributed by atoms with Gasteiger partial charge in [-0.25, -0.2) is 0 Å². The van der Waals surface area contributed by atoms with E-state index in [4.69, 9.17) is 9.11 Å². The van der Waals surface area contributed by atoms with Gasteiger partial charge in [-0.1, -0.05) is 65.6 Å². The number of hydrogen-bond donors (Lipinski definition) is 2. The number of aryl methyl sites for hydroxylation is 1. The van der Waals surface area contributed by atoms with Gasteiger partial charge in [0.25, 0.3) is 25.2 Å². The molecule has 3 aromatic rings. The molecule has 12 heteroatoms. The molecule has 42 heavy (non-hydrogen) atoms. The summed E-state index contributed by atoms with van der Waals surface area (Å²) in [5.74, 6) is -0.549. The number of para-hydroxylation sites is 2. The molecule has 0 atom stereocenters. The van der Waals surface area contributed by atoms with Crippen molar-refractivity contribution in [2.75, 3.05) is 23.0 Å². The predicted octanol–water partition coefficient (Wildman–Crippen LogP) is 6.25. The molecule has 1 aliphatic carbocycles. The Bertz CT molecular complexity index is 1800. The summed E-state index contributed by atoms with van der Waals surface area (Å²) >= 11 is 3.30. The Kier molecular flexibility index (Phi) is 9.70. The third-order valence-electron chi connectivity index (χ3n) is 7.02. The maximum Gasteiger partial charge on any atom is 0.265 e. The molecule has 1 aromatic heterocycles. The summed E-state index contributed by atoms with van der Waals surface area (Å²) in [4.78, 5) is 3.22. The first-order chi connectivity index (χ1) is 20.1. The van der Waals surface area contributed by atoms with Crippen molar-refractivity contribution in [3.05, 3.63) is 94.0 Å². The summed E-state index contributed by atoms with van der Waals surface area (Å²) in [7, 11) is -8.01. The van der Waals surface area contributed by atoms with Crippen LogP contribution in [0.1, 0.15) is 37.1 Å². The minimum Gasteiger partial charge on any atom is -0.335 e. The Morgan fingerprint density at radius 1 is 0.881 bits per heavy atom. The largest absolute Gasteiger partial charge is 0.335 e. The molecule has 2 aromatic carbocycles. The molecular weight excluding hydrogens is 613 g/mol. The molecule has 0 fully saturated rings. The number of aromatic nitrogens is 1. The van der Waals surface area contributed by atoms with Crippen LogP contribution >= 0.6 is 23.1 Å². The Morgan fingerprint density at radius 3 is 2.43 bits per heavy atom. The number of nitrogens with zero attached hydrogens (tertiary/aromatic N) is 2. The zero-order valence-electron chi connectivity index (χ0n) is 22.9. The molecule has 2 heterocycles. The van der Waals surface area contributed by atoms with Crippen molar-refractivity contribution in [2.45, 2.75) is 43.5 Å². The van der Waals surface area contributed by atoms with Crippen LogP contribution in [-0.2, 0) is 26.8 Å². The lowest BCUT2D eigenvalue weighted by atomic mass is 9.94. The fraction of sp³-hybridized carbons (Fsp3) is 0.300. The minimum atomic E-state index is -4.01. The molecule has 0 unspecified atom stereocenters. The van der Waals surface area contributed by atoms with Gasteiger partial charge in [0.1, 0.15) is 4.70 Å². The van der Waals surface area contributed by atoms with E-state index in [9.17, 15) is 16.8 Å². The van der Waals surface area contributed by atoms with Crippen LogP contribution in [-0.4, -0.2) is 44.0 Å². The number of rotatable bonds is 11. The van der Waals surface area contributed by atoms with Gasteiger partial charge in [-0.05, 0) is 61.1 Å². The monoisotopic (exact) mass is 645 g/mol. The van der Waals surface area contributed by atoms with E-state index < -0.39 is 20.2 Å². The summed E-state index contributed by atoms with van der Waals surface area (Å²) < 4.78 is 66.6. The number of benzene rings is 2. The molecule has 5 rings (SSSR count). The Morgan fingerprint density at radius 2 is 1.62 bits per heavy atom. The van der Waals surface area contributed by atoms with Crippen molar-refractivity contribution in [3.63, 3.8) is 0 Å². The molecular formula is C30H33N2O6S4+. The topological polar surface area (TPSA) is 116 Å². The van der Waals surface area contributed by atoms with Gasteiger partial charge in [-0.2, -0.15) is 21.4 Å². The van der Waals surface area contributed by atoms with Gasteiger partial charge in [0.05, 0.1) is 22.2 Å². The van der Waals surface area contributed by atoms with Gasteiger partial charge in [0, 0.05) is 30.0 Å². The van der Waals surface area contributed by atoms with E-state index in [1.165, 1.54) is 11.1 Å². The highest BCUT2D eigenvalue weighted by atomic mass is 32.2. The zero-order valence-corrected chi connectivity index (χ0v) is 26.2. The van der Waals surface area contributed by atoms with E-state index in [-0.39, 0.29) is 11.5 Å². The van der Waals surface area contributed by atoms with Crippen LogP contribution in [0.5, 0.6) is 0 Å². The number of thioether (sulfide) groups is 1. The van der Waals surface area contributed by atoms with E-state index in [2.05, 4.69) is 52.0 Å². The standard InChI is InChI=1S/C30H32N2O6S4/c33-41(34,35)20-6-18-31-25-10-1-3-12-27(25)39-29(31)16-14-23-8-5-9-24(22-23)15-17-30-32(19-7-21-42(36,37)38)26-11-2-4-13-28(26)40-30/h1-4,10-17,22H,5-9,18-21H2,(H-,33,34,35,36,37,38)/p+1. The van der Waals surface area contributed by atoms with E-state index in [0.717, 1.165) is 50.1 Å². The molecule has 0 radical (unpaired) electrons. The maximum absolute atomic E-state index is 11.2. The number of thiazole rings is 1. The van der Waals surface area contributed by atoms with Gasteiger partial charge < -0.3 is 4.90 Å². The SMILES string of the molecule is O=S(=O)(O)CCCN1C(=CC=C2C=C(C=Cc3sc4ccccc4[n+]3CCCS(=O)(=O)O)CCC2)Sc2ccccc21. The molecule has 2 N–H and O–H groups in total. The molecule has 0 spiro atoms. The van der Waals surface area contributed by atoms with Crippen molar-refractivity contribution in [2.24, 2.45) is 0 Å². The molecule has 0 saturated heterocycles. The van der Waals surface area contributed by atoms with E-state index in [1.54, 1.807) is 23.1 Å². The van der Waals surface area contributed by atoms with Crippen LogP contribution in [0.4, 0.5) is 5.69 Å². The second-order valence-corrected chi connectivity index (χ2v) is 15.5. The third-order valence-corrected chi connectivity index (χ3v) is 10.9. The Labute approximate surface area is 255 Å². The Balaban J connectivity index is 1.35. The molecule has 0 amide bonds. The summed E-state index contributed by atoms with van der Waals surface area (Å²) in [6, 6.07) is 16.1. The van der Waals surface area contributed by atoms with Gasteiger partial charge >= 0.3 is 0 Å². The van der Waals surface area contributed by atoms with Crippen LogP contribution in [0, 0.1) is 0 Å². The first-order valence-electron chi connectivity index (χ1n) is 13.7. The van der Waals surface area contributed by atoms with Crippen LogP contribution in [0.15, 0.2) is 93.9 Å². The van der Waals surface area contributed by atoms with Gasteiger partial charge in [-0.3, -0.25) is 9.11 Å². The quantitative estimate of drug-likeness (QED) is 0.186. The maximum atomic E-state index is 11.2. The highest BCUT2D eigenvalue weighted by Gasteiger charge is 2.24. The second kappa shape index (κ2) is 13.3. The van der Waals surface area contributed by atoms with Crippen LogP contribution < -0.4 is 9.47 Å². The molecule has 0 saturated carbocycles. The molecule has 2 aliphatic rings. The lowest BCUT2D eigenvalue weighted by Gasteiger charge is -2.20. The van der Waals surface area contributed by atoms with Crippen molar-refractivity contribution in [1.82, 2.24) is 0 Å². The summed E-state index contributed by atoms with van der Waals surface area (Å²) in [5.41, 5.74) is 4.50. The molecule has 0 bridgehead atoms. The van der Waals surface area contributed by atoms with E-state index in [0.29, 0.717) is 25.9 Å². The lowest BCUT2D eigenvalue weighted by Crippen LogP contribution is -2.35. The number of fused-ring (bicyclic) bond motifs is 2. The third kappa shape index (κ3) is 8.21. The van der Waals surface area contributed by atoms with Crippen molar-refractivity contribution < 1.29 is 30.5 Å². The summed E-state index contributed by atoms with van der Waals surface area (Å²) in [6.07, 6.45) is 14.2. The summed E-state index contributed by atoms with van der Waals surface area (Å²) in [5, 5.41) is 2.04. The van der Waals surface area contributed by atoms with Crippen LogP contribution in [0.3, 0.4) is 0 Å². The van der Waals surface area contributed by atoms with E-state index in [1.807, 2.05) is 36.4 Å². The predicted molar refractivity (Wildman–Crippen MR) is 171 cm³/mol. The van der Waals surface area contributed by atoms with Gasteiger partial charge in [0.2, 0.25) is 5.52 Å².